The molecule has 7 heteroatoms. The lowest BCUT2D eigenvalue weighted by molar-refractivity contribution is -0.539. The van der Waals surface area contributed by atoms with Gasteiger partial charge in [0.25, 0.3) is 0 Å². The van der Waals surface area contributed by atoms with Crippen LogP contribution in [-0.2, 0) is 4.74 Å². The SMILES string of the molecule is O=[N+]([O-])C1CCCOC1C(Br)(Br)Br. The van der Waals surface area contributed by atoms with E-state index in [1.807, 2.05) is 0 Å². The molecule has 1 rings (SSSR count). The molecule has 1 saturated heterocycles. The molecule has 1 aliphatic rings. The van der Waals surface area contributed by atoms with Gasteiger partial charge in [-0.2, -0.15) is 0 Å². The van der Waals surface area contributed by atoms with Crippen molar-refractivity contribution in [3.8, 4) is 0 Å². The van der Waals surface area contributed by atoms with E-state index >= 15 is 0 Å². The third kappa shape index (κ3) is 3.14. The number of nitro groups is 1. The highest BCUT2D eigenvalue weighted by molar-refractivity contribution is 9.39. The van der Waals surface area contributed by atoms with E-state index in [9.17, 15) is 10.1 Å². The van der Waals surface area contributed by atoms with Crippen molar-refractivity contribution in [2.75, 3.05) is 6.61 Å². The van der Waals surface area contributed by atoms with Crippen LogP contribution in [0.3, 0.4) is 0 Å². The molecular formula is C6H8Br3NO3. The average molecular weight is 382 g/mol. The van der Waals surface area contributed by atoms with Gasteiger partial charge in [0.05, 0.1) is 0 Å². The minimum absolute atomic E-state index is 0.289. The Hall–Kier alpha value is 0.800. The Morgan fingerprint density at radius 3 is 2.46 bits per heavy atom. The van der Waals surface area contributed by atoms with Crippen LogP contribution in [0, 0.1) is 10.1 Å². The van der Waals surface area contributed by atoms with Crippen molar-refractivity contribution in [2.24, 2.45) is 0 Å². The number of hydrogen-bond donors (Lipinski definition) is 0. The minimum atomic E-state index is -0.703. The summed E-state index contributed by atoms with van der Waals surface area (Å²) in [5, 5.41) is 10.7. The molecule has 1 aliphatic heterocycles. The maximum Gasteiger partial charge on any atom is 0.242 e. The molecule has 0 aromatic carbocycles. The van der Waals surface area contributed by atoms with E-state index in [-0.39, 0.29) is 4.92 Å². The van der Waals surface area contributed by atoms with Crippen molar-refractivity contribution < 1.29 is 9.66 Å². The van der Waals surface area contributed by atoms with Crippen LogP contribution in [0.5, 0.6) is 0 Å². The molecule has 1 fully saturated rings. The monoisotopic (exact) mass is 379 g/mol. The fraction of sp³-hybridized carbons (Fsp3) is 1.00. The van der Waals surface area contributed by atoms with Gasteiger partial charge < -0.3 is 4.74 Å². The summed E-state index contributed by atoms with van der Waals surface area (Å²) < 4.78 is 4.63. The Bertz CT molecular complexity index is 206. The molecular weight excluding hydrogens is 374 g/mol. The second-order valence-corrected chi connectivity index (χ2v) is 9.77. The van der Waals surface area contributed by atoms with Gasteiger partial charge in [-0.1, -0.05) is 47.8 Å². The van der Waals surface area contributed by atoms with Crippen molar-refractivity contribution in [2.45, 2.75) is 27.1 Å². The highest BCUT2D eigenvalue weighted by Crippen LogP contribution is 2.42. The lowest BCUT2D eigenvalue weighted by atomic mass is 10.1. The first-order valence-electron chi connectivity index (χ1n) is 3.74. The van der Waals surface area contributed by atoms with Gasteiger partial charge in [0.1, 0.15) is 0 Å². The third-order valence-corrected chi connectivity index (χ3v) is 3.24. The van der Waals surface area contributed by atoms with Gasteiger partial charge >= 0.3 is 0 Å². The van der Waals surface area contributed by atoms with Gasteiger partial charge in [-0.15, -0.1) is 0 Å². The van der Waals surface area contributed by atoms with Gasteiger partial charge in [-0.25, -0.2) is 0 Å². The van der Waals surface area contributed by atoms with Gasteiger partial charge in [0.2, 0.25) is 6.04 Å². The Morgan fingerprint density at radius 2 is 2.08 bits per heavy atom. The van der Waals surface area contributed by atoms with E-state index < -0.39 is 14.3 Å². The van der Waals surface area contributed by atoms with Crippen molar-refractivity contribution in [3.63, 3.8) is 0 Å². The zero-order valence-electron chi connectivity index (χ0n) is 6.58. The lowest BCUT2D eigenvalue weighted by Crippen LogP contribution is -2.46. The Labute approximate surface area is 101 Å². The Kier molecular flexibility index (Phi) is 4.15. The summed E-state index contributed by atoms with van der Waals surface area (Å²) in [6.45, 7) is 0.569. The molecule has 0 aromatic heterocycles. The summed E-state index contributed by atoms with van der Waals surface area (Å²) in [4.78, 5) is 10.4. The maximum absolute atomic E-state index is 10.7. The van der Waals surface area contributed by atoms with Crippen molar-refractivity contribution in [1.82, 2.24) is 0 Å². The Morgan fingerprint density at radius 1 is 1.46 bits per heavy atom. The van der Waals surface area contributed by atoms with E-state index in [0.717, 1.165) is 6.42 Å². The van der Waals surface area contributed by atoms with E-state index in [2.05, 4.69) is 47.8 Å². The molecule has 76 valence electrons. The summed E-state index contributed by atoms with van der Waals surface area (Å²) in [5.74, 6) is 0. The topological polar surface area (TPSA) is 52.4 Å². The van der Waals surface area contributed by atoms with Gasteiger partial charge in [0.15, 0.2) is 8.25 Å². The molecule has 0 saturated carbocycles. The maximum atomic E-state index is 10.7. The van der Waals surface area contributed by atoms with E-state index in [4.69, 9.17) is 4.74 Å². The van der Waals surface area contributed by atoms with E-state index in [1.165, 1.54) is 0 Å². The van der Waals surface area contributed by atoms with Crippen molar-refractivity contribution in [1.29, 1.82) is 0 Å². The predicted molar refractivity (Wildman–Crippen MR) is 59.3 cm³/mol. The molecule has 4 nitrogen and oxygen atoms in total. The smallest absolute Gasteiger partial charge is 0.242 e. The number of ether oxygens (including phenoxy) is 1. The number of rotatable bonds is 1. The molecule has 1 heterocycles. The van der Waals surface area contributed by atoms with Gasteiger partial charge in [-0.05, 0) is 6.42 Å². The van der Waals surface area contributed by atoms with Crippen LogP contribution in [0.25, 0.3) is 0 Å². The lowest BCUT2D eigenvalue weighted by Gasteiger charge is -2.31. The zero-order valence-corrected chi connectivity index (χ0v) is 11.3. The molecule has 0 bridgehead atoms. The van der Waals surface area contributed by atoms with Crippen LogP contribution in [-0.4, -0.2) is 25.8 Å². The molecule has 0 radical (unpaired) electrons. The van der Waals surface area contributed by atoms with E-state index in [0.29, 0.717) is 13.0 Å². The summed E-state index contributed by atoms with van der Waals surface area (Å²) in [6.07, 6.45) is 0.809. The first-order valence-corrected chi connectivity index (χ1v) is 6.12. The summed E-state index contributed by atoms with van der Waals surface area (Å²) in [7, 11) is 0. The van der Waals surface area contributed by atoms with Crippen LogP contribution < -0.4 is 0 Å². The van der Waals surface area contributed by atoms with Gasteiger partial charge in [0, 0.05) is 18.0 Å². The summed E-state index contributed by atoms with van der Waals surface area (Å²) >= 11 is 9.76. The Balaban J connectivity index is 2.73. The average Bonchev–Trinajstić information content (AvgIpc) is 2.03. The molecule has 13 heavy (non-hydrogen) atoms. The molecule has 2 atom stereocenters. The van der Waals surface area contributed by atoms with E-state index in [1.54, 1.807) is 0 Å². The van der Waals surface area contributed by atoms with Crippen molar-refractivity contribution in [3.05, 3.63) is 10.1 Å². The van der Waals surface area contributed by atoms with Crippen LogP contribution in [0.15, 0.2) is 0 Å². The van der Waals surface area contributed by atoms with Crippen molar-refractivity contribution >= 4 is 47.8 Å². The van der Waals surface area contributed by atoms with Crippen LogP contribution in [0.4, 0.5) is 0 Å². The fourth-order valence-corrected chi connectivity index (χ4v) is 2.61. The number of nitrogens with zero attached hydrogens (tertiary/aromatic N) is 1. The molecule has 0 N–H and O–H groups in total. The number of hydrogen-bond acceptors (Lipinski definition) is 3. The first-order chi connectivity index (χ1) is 5.93. The second-order valence-electron chi connectivity index (χ2n) is 2.83. The first kappa shape index (κ1) is 11.9. The van der Waals surface area contributed by atoms with Crippen LogP contribution in [0.2, 0.25) is 0 Å². The normalized spacial score (nSPS) is 30.1. The highest BCUT2D eigenvalue weighted by atomic mass is 80.0. The quantitative estimate of drug-likeness (QED) is 0.398. The minimum Gasteiger partial charge on any atom is -0.368 e. The zero-order chi connectivity index (χ0) is 10.1. The molecule has 0 aliphatic carbocycles. The number of halogens is 3. The molecule has 0 amide bonds. The fourth-order valence-electron chi connectivity index (χ4n) is 1.29. The molecule has 0 spiro atoms. The third-order valence-electron chi connectivity index (χ3n) is 1.88. The molecule has 2 unspecified atom stereocenters. The van der Waals surface area contributed by atoms with Crippen LogP contribution >= 0.6 is 47.8 Å². The number of alkyl halides is 3. The summed E-state index contributed by atoms with van der Waals surface area (Å²) in [6, 6.07) is -0.660. The van der Waals surface area contributed by atoms with Crippen LogP contribution in [0.1, 0.15) is 12.8 Å². The highest BCUT2D eigenvalue weighted by Gasteiger charge is 2.46. The summed E-state index contributed by atoms with van der Waals surface area (Å²) in [5.41, 5.74) is 0. The van der Waals surface area contributed by atoms with Gasteiger partial charge in [-0.3, -0.25) is 10.1 Å². The second kappa shape index (κ2) is 4.55. The predicted octanol–water partition coefficient (Wildman–Crippen LogP) is 2.65. The molecule has 0 aromatic rings. The largest absolute Gasteiger partial charge is 0.368 e. The standard InChI is InChI=1S/C6H8Br3NO3/c7-6(8,9)5-4(10(11)12)2-1-3-13-5/h4-5H,1-3H2.